The number of aromatic nitrogens is 4. The van der Waals surface area contributed by atoms with E-state index in [2.05, 4.69) is 37.3 Å². The standard InChI is InChI=1S/C15H22N6O2/c1-10-13(19-23-18-10)15(22)16-9-11-5-4-8-20(2)14(11)12-6-7-17-21(12)3/h6-7,11,14H,4-5,8-9H2,1-3H3,(H,16,22)/t11-,14+/m0/s1. The van der Waals surface area contributed by atoms with Gasteiger partial charge in [-0.2, -0.15) is 5.10 Å². The van der Waals surface area contributed by atoms with E-state index in [9.17, 15) is 4.79 Å². The van der Waals surface area contributed by atoms with Gasteiger partial charge in [-0.25, -0.2) is 4.63 Å². The second-order valence-electron chi connectivity index (χ2n) is 6.12. The zero-order chi connectivity index (χ0) is 16.4. The molecule has 2 aromatic heterocycles. The molecule has 0 bridgehead atoms. The predicted octanol–water partition coefficient (Wildman–Crippen LogP) is 0.924. The van der Waals surface area contributed by atoms with Crippen LogP contribution in [0, 0.1) is 12.8 Å². The lowest BCUT2D eigenvalue weighted by Crippen LogP contribution is -2.42. The first-order valence-corrected chi connectivity index (χ1v) is 7.83. The summed E-state index contributed by atoms with van der Waals surface area (Å²) >= 11 is 0. The van der Waals surface area contributed by atoms with E-state index in [1.807, 2.05) is 24.0 Å². The quantitative estimate of drug-likeness (QED) is 0.902. The van der Waals surface area contributed by atoms with Gasteiger partial charge in [0.05, 0.1) is 11.7 Å². The van der Waals surface area contributed by atoms with E-state index in [0.29, 0.717) is 18.2 Å². The molecule has 8 nitrogen and oxygen atoms in total. The number of carbonyl (C=O) groups excluding carboxylic acids is 1. The van der Waals surface area contributed by atoms with Gasteiger partial charge in [-0.3, -0.25) is 14.4 Å². The van der Waals surface area contributed by atoms with Gasteiger partial charge in [-0.15, -0.1) is 0 Å². The van der Waals surface area contributed by atoms with E-state index in [-0.39, 0.29) is 17.6 Å². The molecule has 3 heterocycles. The van der Waals surface area contributed by atoms with Crippen molar-refractivity contribution in [2.45, 2.75) is 25.8 Å². The number of hydrogen-bond acceptors (Lipinski definition) is 6. The minimum atomic E-state index is -0.235. The van der Waals surface area contributed by atoms with Gasteiger partial charge in [-0.05, 0) is 50.5 Å². The maximum absolute atomic E-state index is 12.2. The number of likely N-dealkylation sites (tertiary alicyclic amines) is 1. The first-order valence-electron chi connectivity index (χ1n) is 7.83. The van der Waals surface area contributed by atoms with Gasteiger partial charge in [-0.1, -0.05) is 5.16 Å². The maximum atomic E-state index is 12.2. The summed E-state index contributed by atoms with van der Waals surface area (Å²) in [5.41, 5.74) is 1.93. The molecule has 0 radical (unpaired) electrons. The fraction of sp³-hybridized carbons (Fsp3) is 0.600. The molecule has 0 saturated carbocycles. The highest BCUT2D eigenvalue weighted by Gasteiger charge is 2.32. The lowest BCUT2D eigenvalue weighted by Gasteiger charge is -2.39. The molecule has 2 atom stereocenters. The highest BCUT2D eigenvalue weighted by atomic mass is 16.6. The average molecular weight is 318 g/mol. The van der Waals surface area contributed by atoms with Gasteiger partial charge in [0.15, 0.2) is 5.69 Å². The van der Waals surface area contributed by atoms with Crippen LogP contribution in [0.2, 0.25) is 0 Å². The highest BCUT2D eigenvalue weighted by molar-refractivity contribution is 5.92. The first kappa shape index (κ1) is 15.7. The van der Waals surface area contributed by atoms with Gasteiger partial charge >= 0.3 is 0 Å². The zero-order valence-electron chi connectivity index (χ0n) is 13.7. The number of nitrogens with one attached hydrogen (secondary N) is 1. The highest BCUT2D eigenvalue weighted by Crippen LogP contribution is 2.34. The van der Waals surface area contributed by atoms with Crippen LogP contribution in [0.4, 0.5) is 0 Å². The first-order chi connectivity index (χ1) is 11.1. The molecule has 1 aliphatic heterocycles. The predicted molar refractivity (Wildman–Crippen MR) is 82.7 cm³/mol. The van der Waals surface area contributed by atoms with Crippen molar-refractivity contribution < 1.29 is 9.42 Å². The molecule has 0 aromatic carbocycles. The molecule has 2 aromatic rings. The van der Waals surface area contributed by atoms with Crippen LogP contribution < -0.4 is 5.32 Å². The molecule has 1 N–H and O–H groups in total. The summed E-state index contributed by atoms with van der Waals surface area (Å²) in [6.45, 7) is 3.34. The minimum absolute atomic E-state index is 0.235. The van der Waals surface area contributed by atoms with Gasteiger partial charge in [0.2, 0.25) is 0 Å². The Hall–Kier alpha value is -2.22. The Labute approximate surface area is 134 Å². The topological polar surface area (TPSA) is 89.1 Å². The maximum Gasteiger partial charge on any atom is 0.275 e. The number of aryl methyl sites for hydroxylation is 2. The van der Waals surface area contributed by atoms with Crippen LogP contribution in [0.3, 0.4) is 0 Å². The smallest absolute Gasteiger partial charge is 0.275 e. The zero-order valence-corrected chi connectivity index (χ0v) is 13.7. The summed E-state index contributed by atoms with van der Waals surface area (Å²) in [4.78, 5) is 14.5. The van der Waals surface area contributed by atoms with Crippen LogP contribution in [-0.2, 0) is 7.05 Å². The molecule has 23 heavy (non-hydrogen) atoms. The van der Waals surface area contributed by atoms with E-state index in [4.69, 9.17) is 0 Å². The molecular weight excluding hydrogens is 296 g/mol. The van der Waals surface area contributed by atoms with Gasteiger partial charge in [0, 0.05) is 19.8 Å². The second kappa shape index (κ2) is 6.49. The number of nitrogens with zero attached hydrogens (tertiary/aromatic N) is 5. The lowest BCUT2D eigenvalue weighted by molar-refractivity contribution is 0.0871. The van der Waals surface area contributed by atoms with E-state index in [1.54, 1.807) is 6.92 Å². The Morgan fingerprint density at radius 2 is 2.26 bits per heavy atom. The summed E-state index contributed by atoms with van der Waals surface area (Å²) in [5, 5.41) is 14.5. The van der Waals surface area contributed by atoms with Crippen LogP contribution in [0.1, 0.15) is 40.8 Å². The average Bonchev–Trinajstić information content (AvgIpc) is 3.13. The van der Waals surface area contributed by atoms with E-state index in [0.717, 1.165) is 19.4 Å². The summed E-state index contributed by atoms with van der Waals surface area (Å²) in [5.74, 6) is 0.0917. The van der Waals surface area contributed by atoms with Gasteiger partial charge in [0.25, 0.3) is 5.91 Å². The van der Waals surface area contributed by atoms with Crippen molar-refractivity contribution in [2.75, 3.05) is 20.1 Å². The van der Waals surface area contributed by atoms with Gasteiger partial charge in [0.1, 0.15) is 5.69 Å². The molecule has 1 fully saturated rings. The fourth-order valence-electron chi connectivity index (χ4n) is 3.36. The number of hydrogen-bond donors (Lipinski definition) is 1. The van der Waals surface area contributed by atoms with Crippen LogP contribution in [0.15, 0.2) is 16.9 Å². The van der Waals surface area contributed by atoms with Crippen LogP contribution >= 0.6 is 0 Å². The van der Waals surface area contributed by atoms with Crippen LogP contribution in [-0.4, -0.2) is 51.0 Å². The molecule has 1 saturated heterocycles. The molecule has 0 spiro atoms. The normalized spacial score (nSPS) is 22.2. The van der Waals surface area contributed by atoms with E-state index < -0.39 is 0 Å². The molecule has 0 unspecified atom stereocenters. The van der Waals surface area contributed by atoms with Crippen molar-refractivity contribution in [3.63, 3.8) is 0 Å². The molecule has 1 aliphatic rings. The third-order valence-electron chi connectivity index (χ3n) is 4.56. The third-order valence-corrected chi connectivity index (χ3v) is 4.56. The van der Waals surface area contributed by atoms with Crippen LogP contribution in [0.25, 0.3) is 0 Å². The monoisotopic (exact) mass is 318 g/mol. The molecule has 0 aliphatic carbocycles. The molecule has 3 rings (SSSR count). The summed E-state index contributed by atoms with van der Waals surface area (Å²) in [6.07, 6.45) is 4.00. The Morgan fingerprint density at radius 3 is 2.91 bits per heavy atom. The largest absolute Gasteiger partial charge is 0.350 e. The molecule has 8 heteroatoms. The molecular formula is C15H22N6O2. The fourth-order valence-corrected chi connectivity index (χ4v) is 3.36. The number of piperidine rings is 1. The van der Waals surface area contributed by atoms with Crippen molar-refractivity contribution in [3.8, 4) is 0 Å². The molecule has 1 amide bonds. The molecule has 124 valence electrons. The SMILES string of the molecule is Cc1nonc1C(=O)NC[C@@H]1CCCN(C)[C@H]1c1ccnn1C. The van der Waals surface area contributed by atoms with Crippen molar-refractivity contribution in [3.05, 3.63) is 29.3 Å². The van der Waals surface area contributed by atoms with Crippen molar-refractivity contribution in [1.29, 1.82) is 0 Å². The number of carbonyl (C=O) groups is 1. The number of amides is 1. The number of rotatable bonds is 4. The summed E-state index contributed by atoms with van der Waals surface area (Å²) in [7, 11) is 4.08. The van der Waals surface area contributed by atoms with Crippen molar-refractivity contribution in [1.82, 2.24) is 30.3 Å². The van der Waals surface area contributed by atoms with Crippen molar-refractivity contribution in [2.24, 2.45) is 13.0 Å². The van der Waals surface area contributed by atoms with Crippen molar-refractivity contribution >= 4 is 5.91 Å². The Kier molecular flexibility index (Phi) is 4.42. The Balaban J connectivity index is 1.71. The summed E-state index contributed by atoms with van der Waals surface area (Å²) in [6, 6.07) is 2.29. The Morgan fingerprint density at radius 1 is 1.43 bits per heavy atom. The second-order valence-corrected chi connectivity index (χ2v) is 6.12. The van der Waals surface area contributed by atoms with E-state index in [1.165, 1.54) is 5.69 Å². The van der Waals surface area contributed by atoms with Crippen LogP contribution in [0.5, 0.6) is 0 Å². The minimum Gasteiger partial charge on any atom is -0.350 e. The van der Waals surface area contributed by atoms with E-state index >= 15 is 0 Å². The Bertz CT molecular complexity index is 679. The lowest BCUT2D eigenvalue weighted by atomic mass is 9.87. The summed E-state index contributed by atoms with van der Waals surface area (Å²) < 4.78 is 6.50. The third kappa shape index (κ3) is 3.12. The van der Waals surface area contributed by atoms with Gasteiger partial charge < -0.3 is 5.32 Å².